The van der Waals surface area contributed by atoms with Crippen LogP contribution in [0, 0.1) is 0 Å². The number of nitrogens with two attached hydrogens (primary N) is 1. The van der Waals surface area contributed by atoms with Crippen molar-refractivity contribution in [2.24, 2.45) is 5.73 Å². The molecule has 0 saturated carbocycles. The highest BCUT2D eigenvalue weighted by atomic mass is 16.4. The van der Waals surface area contributed by atoms with Gasteiger partial charge in [0.15, 0.2) is 0 Å². The first-order valence-electron chi connectivity index (χ1n) is 5.10. The number of hydrogen-bond donors (Lipinski definition) is 5. The Morgan fingerprint density at radius 3 is 2.17 bits per heavy atom. The van der Waals surface area contributed by atoms with Crippen LogP contribution in [0.4, 0.5) is 4.79 Å². The fourth-order valence-corrected chi connectivity index (χ4v) is 1.03. The number of rotatable bonds is 8. The lowest BCUT2D eigenvalue weighted by molar-refractivity contribution is -0.140. The molecular formula is C9H15N3O6. The third-order valence-corrected chi connectivity index (χ3v) is 1.91. The summed E-state index contributed by atoms with van der Waals surface area (Å²) in [6, 6.07) is -2.09. The first-order chi connectivity index (χ1) is 8.32. The molecular weight excluding hydrogens is 246 g/mol. The molecule has 9 nitrogen and oxygen atoms in total. The Morgan fingerprint density at radius 1 is 1.11 bits per heavy atom. The number of carbonyl (C=O) groups is 4. The summed E-state index contributed by atoms with van der Waals surface area (Å²) in [5.41, 5.74) is 4.84. The van der Waals surface area contributed by atoms with Gasteiger partial charge in [-0.3, -0.25) is 9.59 Å². The van der Waals surface area contributed by atoms with Crippen molar-refractivity contribution in [3.8, 4) is 0 Å². The van der Waals surface area contributed by atoms with Crippen molar-refractivity contribution in [1.29, 1.82) is 0 Å². The van der Waals surface area contributed by atoms with Crippen LogP contribution in [-0.4, -0.2) is 46.7 Å². The molecule has 9 heteroatoms. The summed E-state index contributed by atoms with van der Waals surface area (Å²) in [6.45, 7) is -0.0214. The van der Waals surface area contributed by atoms with E-state index in [1.54, 1.807) is 0 Å². The maximum atomic E-state index is 11.2. The highest BCUT2D eigenvalue weighted by Crippen LogP contribution is 1.97. The Kier molecular flexibility index (Phi) is 6.86. The van der Waals surface area contributed by atoms with Gasteiger partial charge >= 0.3 is 18.0 Å². The average molecular weight is 261 g/mol. The predicted octanol–water partition coefficient (Wildman–Crippen LogP) is -1.52. The lowest BCUT2D eigenvalue weighted by Gasteiger charge is -2.13. The monoisotopic (exact) mass is 261 g/mol. The number of carbonyl (C=O) groups excluding carboxylic acids is 2. The average Bonchev–Trinajstić information content (AvgIpc) is 2.22. The molecule has 6 N–H and O–H groups in total. The summed E-state index contributed by atoms with van der Waals surface area (Å²) < 4.78 is 0. The molecule has 0 aromatic heterocycles. The summed E-state index contributed by atoms with van der Waals surface area (Å²) >= 11 is 0. The van der Waals surface area contributed by atoms with Crippen molar-refractivity contribution in [2.45, 2.75) is 25.3 Å². The zero-order valence-electron chi connectivity index (χ0n) is 9.51. The highest BCUT2D eigenvalue weighted by Gasteiger charge is 2.20. The molecule has 0 heterocycles. The smallest absolute Gasteiger partial charge is 0.326 e. The zero-order valence-corrected chi connectivity index (χ0v) is 9.51. The fourth-order valence-electron chi connectivity index (χ4n) is 1.03. The topological polar surface area (TPSA) is 159 Å². The number of carboxylic acids is 2. The fraction of sp³-hybridized carbons (Fsp3) is 0.556. The molecule has 1 unspecified atom stereocenters. The maximum absolute atomic E-state index is 11.2. The predicted molar refractivity (Wildman–Crippen MR) is 58.6 cm³/mol. The zero-order chi connectivity index (χ0) is 14.1. The number of primary amides is 1. The van der Waals surface area contributed by atoms with Crippen LogP contribution in [0.3, 0.4) is 0 Å². The van der Waals surface area contributed by atoms with Gasteiger partial charge < -0.3 is 26.6 Å². The van der Waals surface area contributed by atoms with E-state index >= 15 is 0 Å². The van der Waals surface area contributed by atoms with Gasteiger partial charge in [0.05, 0.1) is 0 Å². The van der Waals surface area contributed by atoms with Gasteiger partial charge in [0, 0.05) is 19.4 Å². The molecule has 0 aromatic rings. The summed E-state index contributed by atoms with van der Waals surface area (Å²) in [7, 11) is 0. The number of amides is 3. The Morgan fingerprint density at radius 2 is 1.72 bits per heavy atom. The van der Waals surface area contributed by atoms with Crippen LogP contribution in [0.2, 0.25) is 0 Å². The van der Waals surface area contributed by atoms with Crippen LogP contribution < -0.4 is 16.4 Å². The minimum Gasteiger partial charge on any atom is -0.481 e. The van der Waals surface area contributed by atoms with E-state index in [0.717, 1.165) is 0 Å². The molecule has 1 atom stereocenters. The van der Waals surface area contributed by atoms with Crippen LogP contribution in [0.15, 0.2) is 0 Å². The SMILES string of the molecule is NC(=O)CCNC(=O)NC(CCC(=O)O)C(=O)O. The van der Waals surface area contributed by atoms with Gasteiger partial charge in [-0.05, 0) is 6.42 Å². The summed E-state index contributed by atoms with van der Waals surface area (Å²) in [6.07, 6.45) is -0.674. The summed E-state index contributed by atoms with van der Waals surface area (Å²) in [5.74, 6) is -3.09. The Hall–Kier alpha value is -2.32. The normalized spacial score (nSPS) is 11.3. The standard InChI is InChI=1S/C9H15N3O6/c10-6(13)3-4-11-9(18)12-5(8(16)17)1-2-7(14)15/h5H,1-4H2,(H2,10,13)(H,14,15)(H,16,17)(H2,11,12,18). The van der Waals surface area contributed by atoms with E-state index in [0.29, 0.717) is 0 Å². The van der Waals surface area contributed by atoms with E-state index in [2.05, 4.69) is 10.6 Å². The van der Waals surface area contributed by atoms with E-state index in [9.17, 15) is 19.2 Å². The van der Waals surface area contributed by atoms with Crippen molar-refractivity contribution in [3.05, 3.63) is 0 Å². The number of urea groups is 1. The van der Waals surface area contributed by atoms with Crippen molar-refractivity contribution < 1.29 is 29.4 Å². The molecule has 0 rings (SSSR count). The highest BCUT2D eigenvalue weighted by molar-refractivity contribution is 5.83. The van der Waals surface area contributed by atoms with Gasteiger partial charge in [0.1, 0.15) is 6.04 Å². The second-order valence-electron chi connectivity index (χ2n) is 3.44. The van der Waals surface area contributed by atoms with Gasteiger partial charge in [-0.1, -0.05) is 0 Å². The first kappa shape index (κ1) is 15.7. The van der Waals surface area contributed by atoms with Crippen molar-refractivity contribution in [2.75, 3.05) is 6.54 Å². The Labute approximate surface area is 102 Å². The minimum atomic E-state index is -1.33. The molecule has 0 aliphatic rings. The molecule has 0 aliphatic carbocycles. The summed E-state index contributed by atoms with van der Waals surface area (Å²) in [5, 5.41) is 21.5. The number of carboxylic acid groups (broad SMARTS) is 2. The molecule has 0 bridgehead atoms. The number of hydrogen-bond acceptors (Lipinski definition) is 4. The first-order valence-corrected chi connectivity index (χ1v) is 5.10. The van der Waals surface area contributed by atoms with Gasteiger partial charge in [-0.2, -0.15) is 0 Å². The van der Waals surface area contributed by atoms with Crippen LogP contribution >= 0.6 is 0 Å². The number of nitrogens with one attached hydrogen (secondary N) is 2. The van der Waals surface area contributed by atoms with Gasteiger partial charge in [-0.25, -0.2) is 9.59 Å². The molecule has 0 aromatic carbocycles. The molecule has 0 aliphatic heterocycles. The van der Waals surface area contributed by atoms with Gasteiger partial charge in [-0.15, -0.1) is 0 Å². The van der Waals surface area contributed by atoms with Crippen molar-refractivity contribution in [3.63, 3.8) is 0 Å². The number of aliphatic carboxylic acids is 2. The van der Waals surface area contributed by atoms with E-state index in [1.165, 1.54) is 0 Å². The quantitative estimate of drug-likeness (QED) is 0.356. The second-order valence-corrected chi connectivity index (χ2v) is 3.44. The van der Waals surface area contributed by atoms with Crippen LogP contribution in [0.1, 0.15) is 19.3 Å². The molecule has 102 valence electrons. The molecule has 0 radical (unpaired) electrons. The lowest BCUT2D eigenvalue weighted by Crippen LogP contribution is -2.46. The molecule has 0 fully saturated rings. The molecule has 0 saturated heterocycles. The van der Waals surface area contributed by atoms with Crippen LogP contribution in [0.25, 0.3) is 0 Å². The molecule has 0 spiro atoms. The summed E-state index contributed by atoms with van der Waals surface area (Å²) in [4.78, 5) is 42.6. The van der Waals surface area contributed by atoms with Crippen molar-refractivity contribution in [1.82, 2.24) is 10.6 Å². The Balaban J connectivity index is 4.07. The third-order valence-electron chi connectivity index (χ3n) is 1.91. The van der Waals surface area contributed by atoms with Crippen molar-refractivity contribution >= 4 is 23.9 Å². The van der Waals surface area contributed by atoms with Crippen LogP contribution in [-0.2, 0) is 14.4 Å². The van der Waals surface area contributed by atoms with Gasteiger partial charge in [0.25, 0.3) is 0 Å². The largest absolute Gasteiger partial charge is 0.481 e. The van der Waals surface area contributed by atoms with E-state index in [4.69, 9.17) is 15.9 Å². The third kappa shape index (κ3) is 7.91. The molecule has 18 heavy (non-hydrogen) atoms. The maximum Gasteiger partial charge on any atom is 0.326 e. The second kappa shape index (κ2) is 7.87. The van der Waals surface area contributed by atoms with E-state index in [-0.39, 0.29) is 25.8 Å². The van der Waals surface area contributed by atoms with E-state index < -0.39 is 29.9 Å². The lowest BCUT2D eigenvalue weighted by atomic mass is 10.1. The van der Waals surface area contributed by atoms with E-state index in [1.807, 2.05) is 0 Å². The molecule has 3 amide bonds. The van der Waals surface area contributed by atoms with Gasteiger partial charge in [0.2, 0.25) is 5.91 Å². The minimum absolute atomic E-state index is 0.0214. The van der Waals surface area contributed by atoms with Crippen LogP contribution in [0.5, 0.6) is 0 Å². The Bertz CT molecular complexity index is 343.